The number of hydrogen-bond acceptors (Lipinski definition) is 6. The number of thiazole rings is 1. The van der Waals surface area contributed by atoms with E-state index < -0.39 is 0 Å². The molecule has 0 atom stereocenters. The number of ether oxygens (including phenoxy) is 2. The molecule has 0 saturated heterocycles. The topological polar surface area (TPSA) is 60.5 Å². The van der Waals surface area contributed by atoms with Crippen molar-refractivity contribution in [3.63, 3.8) is 0 Å². The Morgan fingerprint density at radius 2 is 1.61 bits per heavy atom. The lowest BCUT2D eigenvalue weighted by atomic mass is 10.1. The van der Waals surface area contributed by atoms with Gasteiger partial charge in [0.15, 0.2) is 0 Å². The molecule has 0 aliphatic rings. The fraction of sp³-hybridized carbons (Fsp3) is 0.267. The summed E-state index contributed by atoms with van der Waals surface area (Å²) in [5.74, 6) is 0.626. The van der Waals surface area contributed by atoms with Gasteiger partial charge >= 0.3 is 5.97 Å². The van der Waals surface area contributed by atoms with Crippen LogP contribution in [-0.2, 0) is 35.5 Å². The van der Waals surface area contributed by atoms with Crippen molar-refractivity contribution in [1.29, 1.82) is 0 Å². The van der Waals surface area contributed by atoms with Crippen LogP contribution in [0.1, 0.15) is 34.5 Å². The molecule has 1 heterocycles. The second-order valence-corrected chi connectivity index (χ2v) is 9.54. The first-order valence-electron chi connectivity index (χ1n) is 12.3. The zero-order valence-electron chi connectivity index (χ0n) is 20.6. The fourth-order valence-electron chi connectivity index (χ4n) is 3.79. The molecular weight excluding hydrogens is 468 g/mol. The number of benzene rings is 3. The third kappa shape index (κ3) is 8.04. The zero-order valence-corrected chi connectivity index (χ0v) is 21.4. The van der Waals surface area contributed by atoms with Crippen LogP contribution in [0.2, 0.25) is 0 Å². The van der Waals surface area contributed by atoms with Gasteiger partial charge in [0.25, 0.3) is 0 Å². The van der Waals surface area contributed by atoms with E-state index in [0.29, 0.717) is 19.4 Å². The third-order valence-electron chi connectivity index (χ3n) is 5.89. The number of hydrogen-bond donors (Lipinski definition) is 1. The highest BCUT2D eigenvalue weighted by Gasteiger charge is 2.05. The molecule has 0 aliphatic heterocycles. The van der Waals surface area contributed by atoms with Crippen LogP contribution in [0.25, 0.3) is 11.3 Å². The average Bonchev–Trinajstić information content (AvgIpc) is 3.41. The van der Waals surface area contributed by atoms with Gasteiger partial charge in [-0.3, -0.25) is 4.79 Å². The molecule has 3 aromatic carbocycles. The molecular formula is C30H32N2O3S. The normalized spacial score (nSPS) is 10.8. The minimum absolute atomic E-state index is 0.192. The van der Waals surface area contributed by atoms with Crippen LogP contribution in [0, 0.1) is 0 Å². The summed E-state index contributed by atoms with van der Waals surface area (Å²) in [6.45, 7) is 2.33. The number of aromatic nitrogens is 1. The zero-order chi connectivity index (χ0) is 25.0. The lowest BCUT2D eigenvalue weighted by Crippen LogP contribution is -2.15. The van der Waals surface area contributed by atoms with E-state index in [9.17, 15) is 4.79 Å². The van der Waals surface area contributed by atoms with Gasteiger partial charge in [-0.15, -0.1) is 11.3 Å². The maximum atomic E-state index is 11.3. The van der Waals surface area contributed by atoms with Gasteiger partial charge in [0.05, 0.1) is 17.8 Å². The molecule has 36 heavy (non-hydrogen) atoms. The Labute approximate surface area is 217 Å². The first-order valence-corrected chi connectivity index (χ1v) is 13.1. The predicted octanol–water partition coefficient (Wildman–Crippen LogP) is 6.22. The maximum absolute atomic E-state index is 11.3. The summed E-state index contributed by atoms with van der Waals surface area (Å²) in [5, 5.41) is 6.87. The molecule has 1 N–H and O–H groups in total. The van der Waals surface area contributed by atoms with Gasteiger partial charge in [0.1, 0.15) is 12.4 Å². The quantitative estimate of drug-likeness (QED) is 0.175. The molecule has 5 nitrogen and oxygen atoms in total. The van der Waals surface area contributed by atoms with Crippen molar-refractivity contribution in [3.05, 3.63) is 106 Å². The molecule has 4 rings (SSSR count). The standard InChI is InChI=1S/C30H32N2O3S/c1-34-30(33)18-15-23-13-16-27(17-14-23)35-21-25-11-9-24(10-12-25)20-31-19-5-8-29-32-28(22-36-29)26-6-3-2-4-7-26/h2-4,6-7,9-14,16-17,22,31H,5,8,15,18-21H2,1H3. The van der Waals surface area contributed by atoms with Crippen molar-refractivity contribution in [2.24, 2.45) is 0 Å². The van der Waals surface area contributed by atoms with Crippen molar-refractivity contribution < 1.29 is 14.3 Å². The summed E-state index contributed by atoms with van der Waals surface area (Å²) in [4.78, 5) is 16.0. The van der Waals surface area contributed by atoms with E-state index in [1.807, 2.05) is 42.5 Å². The number of nitrogens with one attached hydrogen (secondary N) is 1. The molecule has 0 bridgehead atoms. The summed E-state index contributed by atoms with van der Waals surface area (Å²) in [5.41, 5.74) is 5.73. The fourth-order valence-corrected chi connectivity index (χ4v) is 4.64. The van der Waals surface area contributed by atoms with E-state index in [2.05, 4.69) is 51.8 Å². The van der Waals surface area contributed by atoms with E-state index in [1.54, 1.807) is 11.3 Å². The Balaban J connectivity index is 1.12. The molecule has 4 aromatic rings. The predicted molar refractivity (Wildman–Crippen MR) is 145 cm³/mol. The number of carbonyl (C=O) groups excluding carboxylic acids is 1. The van der Waals surface area contributed by atoms with Crippen molar-refractivity contribution >= 4 is 17.3 Å². The minimum Gasteiger partial charge on any atom is -0.489 e. The lowest BCUT2D eigenvalue weighted by molar-refractivity contribution is -0.140. The summed E-state index contributed by atoms with van der Waals surface area (Å²) >= 11 is 1.74. The van der Waals surface area contributed by atoms with E-state index >= 15 is 0 Å². The van der Waals surface area contributed by atoms with Crippen molar-refractivity contribution in [2.45, 2.75) is 38.8 Å². The Hall–Kier alpha value is -3.48. The lowest BCUT2D eigenvalue weighted by Gasteiger charge is -2.09. The van der Waals surface area contributed by atoms with Gasteiger partial charge in [-0.05, 0) is 48.2 Å². The second-order valence-electron chi connectivity index (χ2n) is 8.60. The molecule has 0 spiro atoms. The highest BCUT2D eigenvalue weighted by molar-refractivity contribution is 7.09. The van der Waals surface area contributed by atoms with Gasteiger partial charge < -0.3 is 14.8 Å². The first kappa shape index (κ1) is 25.6. The van der Waals surface area contributed by atoms with Crippen LogP contribution in [-0.4, -0.2) is 24.6 Å². The van der Waals surface area contributed by atoms with Crippen molar-refractivity contribution in [3.8, 4) is 17.0 Å². The molecule has 0 aliphatic carbocycles. The number of methoxy groups -OCH3 is 1. The van der Waals surface area contributed by atoms with Crippen LogP contribution in [0.4, 0.5) is 0 Å². The summed E-state index contributed by atoms with van der Waals surface area (Å²) in [6.07, 6.45) is 3.12. The van der Waals surface area contributed by atoms with Gasteiger partial charge in [0, 0.05) is 30.3 Å². The maximum Gasteiger partial charge on any atom is 0.305 e. The number of aryl methyl sites for hydroxylation is 2. The van der Waals surface area contributed by atoms with Crippen LogP contribution < -0.4 is 10.1 Å². The minimum atomic E-state index is -0.192. The number of nitrogens with zero attached hydrogens (tertiary/aromatic N) is 1. The highest BCUT2D eigenvalue weighted by atomic mass is 32.1. The Kier molecular flexibility index (Phi) is 9.65. The van der Waals surface area contributed by atoms with Crippen LogP contribution in [0.15, 0.2) is 84.2 Å². The van der Waals surface area contributed by atoms with Gasteiger partial charge in [-0.2, -0.15) is 0 Å². The molecule has 0 fully saturated rings. The number of carbonyl (C=O) groups is 1. The largest absolute Gasteiger partial charge is 0.489 e. The summed E-state index contributed by atoms with van der Waals surface area (Å²) < 4.78 is 10.6. The molecule has 0 amide bonds. The van der Waals surface area contributed by atoms with Crippen molar-refractivity contribution in [2.75, 3.05) is 13.7 Å². The molecule has 186 valence electrons. The Bertz CT molecular complexity index is 1210. The third-order valence-corrected chi connectivity index (χ3v) is 6.80. The van der Waals surface area contributed by atoms with Crippen LogP contribution >= 0.6 is 11.3 Å². The van der Waals surface area contributed by atoms with E-state index in [0.717, 1.165) is 48.5 Å². The van der Waals surface area contributed by atoms with Crippen LogP contribution in [0.3, 0.4) is 0 Å². The molecule has 0 radical (unpaired) electrons. The Morgan fingerprint density at radius 3 is 2.36 bits per heavy atom. The number of esters is 1. The molecule has 0 unspecified atom stereocenters. The van der Waals surface area contributed by atoms with Gasteiger partial charge in [0.2, 0.25) is 0 Å². The molecule has 6 heteroatoms. The van der Waals surface area contributed by atoms with E-state index in [4.69, 9.17) is 9.72 Å². The molecule has 1 aromatic heterocycles. The van der Waals surface area contributed by atoms with E-state index in [-0.39, 0.29) is 5.97 Å². The highest BCUT2D eigenvalue weighted by Crippen LogP contribution is 2.22. The van der Waals surface area contributed by atoms with E-state index in [1.165, 1.54) is 23.2 Å². The van der Waals surface area contributed by atoms with Crippen molar-refractivity contribution in [1.82, 2.24) is 10.3 Å². The smallest absolute Gasteiger partial charge is 0.305 e. The monoisotopic (exact) mass is 500 g/mol. The second kappa shape index (κ2) is 13.6. The SMILES string of the molecule is COC(=O)CCc1ccc(OCc2ccc(CNCCCc3nc(-c4ccccc4)cs3)cc2)cc1. The van der Waals surface area contributed by atoms with Gasteiger partial charge in [-0.1, -0.05) is 66.7 Å². The summed E-state index contributed by atoms with van der Waals surface area (Å²) in [6, 6.07) is 26.7. The van der Waals surface area contributed by atoms with Gasteiger partial charge in [-0.25, -0.2) is 4.98 Å². The first-order chi connectivity index (χ1) is 17.7. The summed E-state index contributed by atoms with van der Waals surface area (Å²) in [7, 11) is 1.41. The molecule has 0 saturated carbocycles. The Morgan fingerprint density at radius 1 is 0.889 bits per heavy atom. The average molecular weight is 501 g/mol. The number of rotatable bonds is 13. The van der Waals surface area contributed by atoms with Crippen LogP contribution in [0.5, 0.6) is 5.75 Å².